The Balaban J connectivity index is 2.00. The highest BCUT2D eigenvalue weighted by atomic mass is 32.2. The quantitative estimate of drug-likeness (QED) is 0.739. The first-order valence-electron chi connectivity index (χ1n) is 6.65. The predicted molar refractivity (Wildman–Crippen MR) is 88.2 cm³/mol. The van der Waals surface area contributed by atoms with Crippen LogP contribution < -0.4 is 16.4 Å². The van der Waals surface area contributed by atoms with Crippen LogP contribution in [0.4, 0.5) is 16.2 Å². The molecule has 6 nitrogen and oxygen atoms in total. The van der Waals surface area contributed by atoms with E-state index in [1.54, 1.807) is 48.3 Å². The minimum atomic E-state index is -0.632. The number of carbonyl (C=O) groups excluding carboxylic acids is 2. The zero-order chi connectivity index (χ0) is 15.9. The van der Waals surface area contributed by atoms with E-state index in [0.29, 0.717) is 16.9 Å². The molecule has 0 radical (unpaired) electrons. The maximum atomic E-state index is 12.1. The lowest BCUT2D eigenvalue weighted by Crippen LogP contribution is -2.19. The van der Waals surface area contributed by atoms with Crippen LogP contribution in [0.25, 0.3) is 0 Å². The molecule has 1 heterocycles. The summed E-state index contributed by atoms with van der Waals surface area (Å²) in [6.45, 7) is 2.05. The Morgan fingerprint density at radius 2 is 1.73 bits per heavy atom. The predicted octanol–water partition coefficient (Wildman–Crippen LogP) is 2.94. The molecule has 0 bridgehead atoms. The molecule has 114 valence electrons. The van der Waals surface area contributed by atoms with Gasteiger partial charge in [-0.1, -0.05) is 6.92 Å². The van der Waals surface area contributed by atoms with Gasteiger partial charge in [-0.2, -0.15) is 0 Å². The summed E-state index contributed by atoms with van der Waals surface area (Å²) < 4.78 is 0. The zero-order valence-electron chi connectivity index (χ0n) is 12.0. The molecule has 0 aliphatic heterocycles. The fourth-order valence-corrected chi connectivity index (χ4v) is 2.32. The van der Waals surface area contributed by atoms with E-state index in [1.807, 2.05) is 13.0 Å². The SMILES string of the molecule is CCSc1ccc(C(=O)Nc2ccc(NC(N)=O)cc2)cn1. The number of carbonyl (C=O) groups is 2. The van der Waals surface area contributed by atoms with Crippen molar-refractivity contribution in [3.8, 4) is 0 Å². The molecule has 1 aromatic heterocycles. The number of nitrogens with two attached hydrogens (primary N) is 1. The van der Waals surface area contributed by atoms with Gasteiger partial charge in [0.15, 0.2) is 0 Å². The number of primary amides is 1. The van der Waals surface area contributed by atoms with Crippen molar-refractivity contribution in [2.75, 3.05) is 16.4 Å². The number of benzene rings is 1. The Hall–Kier alpha value is -2.54. The van der Waals surface area contributed by atoms with Gasteiger partial charge in [0.1, 0.15) is 0 Å². The number of pyridine rings is 1. The minimum Gasteiger partial charge on any atom is -0.351 e. The highest BCUT2D eigenvalue weighted by Crippen LogP contribution is 2.16. The van der Waals surface area contributed by atoms with Crippen molar-refractivity contribution in [3.63, 3.8) is 0 Å². The van der Waals surface area contributed by atoms with Gasteiger partial charge in [0, 0.05) is 17.6 Å². The van der Waals surface area contributed by atoms with Crippen molar-refractivity contribution in [2.45, 2.75) is 11.9 Å². The number of anilines is 2. The molecule has 7 heteroatoms. The Kier molecular flexibility index (Phi) is 5.37. The monoisotopic (exact) mass is 316 g/mol. The van der Waals surface area contributed by atoms with E-state index in [9.17, 15) is 9.59 Å². The van der Waals surface area contributed by atoms with E-state index in [0.717, 1.165) is 10.8 Å². The molecule has 0 unspecified atom stereocenters. The Morgan fingerprint density at radius 3 is 2.23 bits per heavy atom. The van der Waals surface area contributed by atoms with E-state index in [2.05, 4.69) is 15.6 Å². The summed E-state index contributed by atoms with van der Waals surface area (Å²) in [5.74, 6) is 0.695. The number of hydrogen-bond acceptors (Lipinski definition) is 4. The summed E-state index contributed by atoms with van der Waals surface area (Å²) in [4.78, 5) is 27.0. The first-order chi connectivity index (χ1) is 10.6. The summed E-state index contributed by atoms with van der Waals surface area (Å²) in [6.07, 6.45) is 1.55. The second-order valence-corrected chi connectivity index (χ2v) is 5.62. The van der Waals surface area contributed by atoms with Gasteiger partial charge in [-0.3, -0.25) is 4.79 Å². The number of amides is 3. The number of urea groups is 1. The molecule has 2 rings (SSSR count). The third-order valence-corrected chi connectivity index (χ3v) is 3.53. The Bertz CT molecular complexity index is 656. The largest absolute Gasteiger partial charge is 0.351 e. The smallest absolute Gasteiger partial charge is 0.316 e. The number of thioether (sulfide) groups is 1. The molecule has 3 amide bonds. The number of aromatic nitrogens is 1. The Labute approximate surface area is 132 Å². The van der Waals surface area contributed by atoms with Gasteiger partial charge in [0.05, 0.1) is 10.6 Å². The van der Waals surface area contributed by atoms with Gasteiger partial charge in [-0.25, -0.2) is 9.78 Å². The molecule has 0 aliphatic carbocycles. The number of rotatable bonds is 5. The summed E-state index contributed by atoms with van der Waals surface area (Å²) >= 11 is 1.62. The fourth-order valence-electron chi connectivity index (χ4n) is 1.73. The maximum absolute atomic E-state index is 12.1. The molecule has 0 fully saturated rings. The lowest BCUT2D eigenvalue weighted by atomic mass is 10.2. The van der Waals surface area contributed by atoms with Gasteiger partial charge in [0.2, 0.25) is 0 Å². The van der Waals surface area contributed by atoms with E-state index in [-0.39, 0.29) is 5.91 Å². The molecular weight excluding hydrogens is 300 g/mol. The van der Waals surface area contributed by atoms with E-state index in [4.69, 9.17) is 5.73 Å². The van der Waals surface area contributed by atoms with Crippen LogP contribution in [0.5, 0.6) is 0 Å². The Morgan fingerprint density at radius 1 is 1.09 bits per heavy atom. The van der Waals surface area contributed by atoms with E-state index < -0.39 is 6.03 Å². The lowest BCUT2D eigenvalue weighted by molar-refractivity contribution is 0.102. The van der Waals surface area contributed by atoms with Crippen LogP contribution in [0.3, 0.4) is 0 Å². The molecule has 0 saturated heterocycles. The van der Waals surface area contributed by atoms with Crippen molar-refractivity contribution in [1.82, 2.24) is 4.98 Å². The van der Waals surface area contributed by atoms with Crippen molar-refractivity contribution in [1.29, 1.82) is 0 Å². The molecule has 4 N–H and O–H groups in total. The van der Waals surface area contributed by atoms with Gasteiger partial charge in [-0.15, -0.1) is 11.8 Å². The van der Waals surface area contributed by atoms with Crippen molar-refractivity contribution < 1.29 is 9.59 Å². The molecule has 0 saturated carbocycles. The van der Waals surface area contributed by atoms with Crippen molar-refractivity contribution >= 4 is 35.1 Å². The molecule has 0 spiro atoms. The molecule has 22 heavy (non-hydrogen) atoms. The van der Waals surface area contributed by atoms with Crippen LogP contribution >= 0.6 is 11.8 Å². The van der Waals surface area contributed by atoms with Crippen LogP contribution in [-0.4, -0.2) is 22.7 Å². The number of nitrogens with one attached hydrogen (secondary N) is 2. The normalized spacial score (nSPS) is 10.0. The first kappa shape index (κ1) is 15.8. The summed E-state index contributed by atoms with van der Waals surface area (Å²) in [7, 11) is 0. The van der Waals surface area contributed by atoms with E-state index in [1.165, 1.54) is 0 Å². The molecule has 0 atom stereocenters. The standard InChI is InChI=1S/C15H16N4O2S/c1-2-22-13-8-3-10(9-17-13)14(20)18-11-4-6-12(7-5-11)19-15(16)21/h3-9H,2H2,1H3,(H,18,20)(H3,16,19,21). The van der Waals surface area contributed by atoms with Crippen LogP contribution in [0.1, 0.15) is 17.3 Å². The molecule has 1 aromatic carbocycles. The summed E-state index contributed by atoms with van der Waals surface area (Å²) in [5, 5.41) is 6.10. The van der Waals surface area contributed by atoms with Crippen molar-refractivity contribution in [3.05, 3.63) is 48.2 Å². The van der Waals surface area contributed by atoms with Crippen LogP contribution in [0, 0.1) is 0 Å². The van der Waals surface area contributed by atoms with E-state index >= 15 is 0 Å². The second kappa shape index (κ2) is 7.46. The number of hydrogen-bond donors (Lipinski definition) is 3. The van der Waals surface area contributed by atoms with Crippen LogP contribution in [0.15, 0.2) is 47.6 Å². The lowest BCUT2D eigenvalue weighted by Gasteiger charge is -2.07. The second-order valence-electron chi connectivity index (χ2n) is 4.34. The third kappa shape index (κ3) is 4.49. The van der Waals surface area contributed by atoms with Crippen molar-refractivity contribution in [2.24, 2.45) is 5.73 Å². The highest BCUT2D eigenvalue weighted by Gasteiger charge is 2.07. The fraction of sp³-hybridized carbons (Fsp3) is 0.133. The zero-order valence-corrected chi connectivity index (χ0v) is 12.8. The molecular formula is C15H16N4O2S. The highest BCUT2D eigenvalue weighted by molar-refractivity contribution is 7.99. The van der Waals surface area contributed by atoms with Gasteiger partial charge in [0.25, 0.3) is 5.91 Å². The molecule has 0 aliphatic rings. The van der Waals surface area contributed by atoms with Gasteiger partial charge >= 0.3 is 6.03 Å². The molecule has 2 aromatic rings. The average Bonchev–Trinajstić information content (AvgIpc) is 2.50. The third-order valence-electron chi connectivity index (χ3n) is 2.70. The van der Waals surface area contributed by atoms with Gasteiger partial charge < -0.3 is 16.4 Å². The number of nitrogens with zero attached hydrogens (tertiary/aromatic N) is 1. The first-order valence-corrected chi connectivity index (χ1v) is 7.63. The average molecular weight is 316 g/mol. The summed E-state index contributed by atoms with van der Waals surface area (Å²) in [5.41, 5.74) is 6.69. The van der Waals surface area contributed by atoms with Crippen LogP contribution in [-0.2, 0) is 0 Å². The maximum Gasteiger partial charge on any atom is 0.316 e. The topological polar surface area (TPSA) is 97.1 Å². The van der Waals surface area contributed by atoms with Gasteiger partial charge in [-0.05, 0) is 42.2 Å². The minimum absolute atomic E-state index is 0.240. The summed E-state index contributed by atoms with van der Waals surface area (Å²) in [6, 6.07) is 9.59. The van der Waals surface area contributed by atoms with Crippen LogP contribution in [0.2, 0.25) is 0 Å².